The molecule has 0 aliphatic heterocycles. The van der Waals surface area contributed by atoms with Gasteiger partial charge in [0, 0.05) is 18.0 Å². The molecule has 0 atom stereocenters. The molecule has 5 heteroatoms. The number of hydrogen-bond acceptors (Lipinski definition) is 3. The number of aryl methyl sites for hydroxylation is 1. The highest BCUT2D eigenvalue weighted by Gasteiger charge is 2.10. The van der Waals surface area contributed by atoms with Crippen LogP contribution in [-0.4, -0.2) is 9.78 Å². The van der Waals surface area contributed by atoms with Crippen LogP contribution in [0, 0.1) is 5.82 Å². The van der Waals surface area contributed by atoms with Gasteiger partial charge in [-0.15, -0.1) is 0 Å². The van der Waals surface area contributed by atoms with E-state index < -0.39 is 0 Å². The molecule has 0 amide bonds. The van der Waals surface area contributed by atoms with Crippen molar-refractivity contribution >= 4 is 16.6 Å². The predicted molar refractivity (Wildman–Crippen MR) is 80.6 cm³/mol. The highest BCUT2D eigenvalue weighted by molar-refractivity contribution is 5.81. The van der Waals surface area contributed by atoms with Crippen LogP contribution in [0.15, 0.2) is 42.5 Å². The molecule has 3 rings (SSSR count). The van der Waals surface area contributed by atoms with Crippen LogP contribution >= 0.6 is 0 Å². The summed E-state index contributed by atoms with van der Waals surface area (Å²) in [6.07, 6.45) is 0. The Labute approximate surface area is 121 Å². The number of nitrogen functional groups attached to an aromatic ring is 1. The van der Waals surface area contributed by atoms with Crippen molar-refractivity contribution < 1.29 is 9.13 Å². The topological polar surface area (TPSA) is 53.1 Å². The lowest BCUT2D eigenvalue weighted by Gasteiger charge is -2.07. The average Bonchev–Trinajstić information content (AvgIpc) is 2.86. The number of para-hydroxylation sites is 1. The van der Waals surface area contributed by atoms with Crippen LogP contribution in [-0.2, 0) is 13.2 Å². The van der Waals surface area contributed by atoms with Gasteiger partial charge in [0.1, 0.15) is 23.9 Å². The molecule has 3 aromatic rings. The van der Waals surface area contributed by atoms with Crippen molar-refractivity contribution in [3.63, 3.8) is 0 Å². The zero-order chi connectivity index (χ0) is 14.8. The normalized spacial score (nSPS) is 11.0. The highest BCUT2D eigenvalue weighted by Crippen LogP contribution is 2.25. The zero-order valence-electron chi connectivity index (χ0n) is 11.7. The third-order valence-electron chi connectivity index (χ3n) is 3.37. The Morgan fingerprint density at radius 3 is 2.86 bits per heavy atom. The maximum atomic E-state index is 13.2. The van der Waals surface area contributed by atoms with Gasteiger partial charge in [0.15, 0.2) is 0 Å². The number of halogens is 1. The van der Waals surface area contributed by atoms with Gasteiger partial charge in [-0.2, -0.15) is 5.10 Å². The molecule has 108 valence electrons. The molecule has 1 heterocycles. The molecule has 0 saturated carbocycles. The minimum absolute atomic E-state index is 0.251. The molecular weight excluding hydrogens is 269 g/mol. The number of nitrogens with two attached hydrogens (primary N) is 1. The number of aromatic nitrogens is 2. The van der Waals surface area contributed by atoms with Crippen molar-refractivity contribution in [3.05, 3.63) is 54.0 Å². The van der Waals surface area contributed by atoms with E-state index in [0.29, 0.717) is 11.4 Å². The van der Waals surface area contributed by atoms with E-state index in [9.17, 15) is 4.39 Å². The lowest BCUT2D eigenvalue weighted by atomic mass is 10.2. The Bertz CT molecular complexity index is 782. The maximum Gasteiger partial charge on any atom is 0.145 e. The second-order valence-electron chi connectivity index (χ2n) is 4.75. The van der Waals surface area contributed by atoms with Gasteiger partial charge < -0.3 is 10.5 Å². The molecular formula is C16H16FN3O. The van der Waals surface area contributed by atoms with Crippen molar-refractivity contribution in [3.8, 4) is 5.75 Å². The summed E-state index contributed by atoms with van der Waals surface area (Å²) in [5.74, 6) is -0.0340. The summed E-state index contributed by atoms with van der Waals surface area (Å²) < 4.78 is 20.8. The van der Waals surface area contributed by atoms with Gasteiger partial charge in [0.05, 0.1) is 11.2 Å². The van der Waals surface area contributed by atoms with Gasteiger partial charge in [-0.05, 0) is 25.1 Å². The summed E-state index contributed by atoms with van der Waals surface area (Å²) in [6, 6.07) is 12.1. The van der Waals surface area contributed by atoms with Gasteiger partial charge >= 0.3 is 0 Å². The molecule has 2 aromatic carbocycles. The third kappa shape index (κ3) is 2.54. The monoisotopic (exact) mass is 285 g/mol. The van der Waals surface area contributed by atoms with Crippen molar-refractivity contribution in [2.75, 3.05) is 5.73 Å². The molecule has 0 spiro atoms. The van der Waals surface area contributed by atoms with E-state index in [0.717, 1.165) is 23.1 Å². The summed E-state index contributed by atoms with van der Waals surface area (Å²) in [7, 11) is 0. The molecule has 21 heavy (non-hydrogen) atoms. The quantitative estimate of drug-likeness (QED) is 0.748. The van der Waals surface area contributed by atoms with E-state index in [-0.39, 0.29) is 12.4 Å². The first-order valence-corrected chi connectivity index (χ1v) is 6.81. The second-order valence-corrected chi connectivity index (χ2v) is 4.75. The summed E-state index contributed by atoms with van der Waals surface area (Å²) in [4.78, 5) is 0. The lowest BCUT2D eigenvalue weighted by Crippen LogP contribution is -2.02. The molecule has 0 aliphatic carbocycles. The van der Waals surface area contributed by atoms with Crippen LogP contribution in [0.1, 0.15) is 12.6 Å². The first kappa shape index (κ1) is 13.4. The molecule has 0 fully saturated rings. The van der Waals surface area contributed by atoms with E-state index in [2.05, 4.69) is 5.10 Å². The average molecular weight is 285 g/mol. The first-order valence-electron chi connectivity index (χ1n) is 6.81. The number of fused-ring (bicyclic) bond motifs is 1. The van der Waals surface area contributed by atoms with E-state index in [1.165, 1.54) is 18.2 Å². The van der Waals surface area contributed by atoms with Crippen LogP contribution in [0.3, 0.4) is 0 Å². The van der Waals surface area contributed by atoms with Crippen molar-refractivity contribution in [2.45, 2.75) is 20.1 Å². The zero-order valence-corrected chi connectivity index (χ0v) is 11.7. The van der Waals surface area contributed by atoms with Crippen molar-refractivity contribution in [1.82, 2.24) is 9.78 Å². The standard InChI is InChI=1S/C16H16FN3O/c1-2-20-15-6-4-3-5-12(15)14(19-20)10-21-16-9-11(17)7-8-13(16)18/h3-9H,2,10,18H2,1H3. The van der Waals surface area contributed by atoms with Crippen LogP contribution in [0.25, 0.3) is 10.9 Å². The van der Waals surface area contributed by atoms with Gasteiger partial charge in [-0.3, -0.25) is 4.68 Å². The summed E-state index contributed by atoms with van der Waals surface area (Å²) in [5, 5.41) is 5.57. The number of nitrogens with zero attached hydrogens (tertiary/aromatic N) is 2. The number of ether oxygens (including phenoxy) is 1. The molecule has 0 aliphatic rings. The van der Waals surface area contributed by atoms with Crippen LogP contribution in [0.2, 0.25) is 0 Å². The lowest BCUT2D eigenvalue weighted by molar-refractivity contribution is 0.301. The molecule has 4 nitrogen and oxygen atoms in total. The summed E-state index contributed by atoms with van der Waals surface area (Å²) in [5.41, 5.74) is 8.07. The molecule has 0 saturated heterocycles. The van der Waals surface area contributed by atoms with Gasteiger partial charge in [-0.25, -0.2) is 4.39 Å². The van der Waals surface area contributed by atoms with Crippen LogP contribution in [0.5, 0.6) is 5.75 Å². The van der Waals surface area contributed by atoms with Crippen LogP contribution < -0.4 is 10.5 Å². The third-order valence-corrected chi connectivity index (χ3v) is 3.37. The fraction of sp³-hybridized carbons (Fsp3) is 0.188. The largest absolute Gasteiger partial charge is 0.485 e. The number of benzene rings is 2. The Morgan fingerprint density at radius 1 is 1.24 bits per heavy atom. The summed E-state index contributed by atoms with van der Waals surface area (Å²) in [6.45, 7) is 3.07. The summed E-state index contributed by atoms with van der Waals surface area (Å²) >= 11 is 0. The Kier molecular flexibility index (Phi) is 3.48. The van der Waals surface area contributed by atoms with E-state index in [1.54, 1.807) is 0 Å². The minimum Gasteiger partial charge on any atom is -0.485 e. The highest BCUT2D eigenvalue weighted by atomic mass is 19.1. The Hall–Kier alpha value is -2.56. The first-order chi connectivity index (χ1) is 10.2. The smallest absolute Gasteiger partial charge is 0.145 e. The maximum absolute atomic E-state index is 13.2. The SMILES string of the molecule is CCn1nc(COc2cc(F)ccc2N)c2ccccc21. The molecule has 2 N–H and O–H groups in total. The molecule has 0 bridgehead atoms. The van der Waals surface area contributed by atoms with E-state index in [4.69, 9.17) is 10.5 Å². The second kappa shape index (κ2) is 5.44. The number of hydrogen-bond donors (Lipinski definition) is 1. The van der Waals surface area contributed by atoms with Gasteiger partial charge in [0.2, 0.25) is 0 Å². The Balaban J connectivity index is 1.90. The van der Waals surface area contributed by atoms with Crippen LogP contribution in [0.4, 0.5) is 10.1 Å². The fourth-order valence-electron chi connectivity index (χ4n) is 2.32. The number of anilines is 1. The van der Waals surface area contributed by atoms with Gasteiger partial charge in [-0.1, -0.05) is 18.2 Å². The van der Waals surface area contributed by atoms with Gasteiger partial charge in [0.25, 0.3) is 0 Å². The van der Waals surface area contributed by atoms with E-state index >= 15 is 0 Å². The Morgan fingerprint density at radius 2 is 2.05 bits per heavy atom. The van der Waals surface area contributed by atoms with Crippen molar-refractivity contribution in [2.24, 2.45) is 0 Å². The fourth-order valence-corrected chi connectivity index (χ4v) is 2.32. The van der Waals surface area contributed by atoms with Crippen molar-refractivity contribution in [1.29, 1.82) is 0 Å². The number of rotatable bonds is 4. The van der Waals surface area contributed by atoms with E-state index in [1.807, 2.05) is 35.9 Å². The predicted octanol–water partition coefficient (Wildman–Crippen LogP) is 3.36. The molecule has 0 unspecified atom stereocenters. The minimum atomic E-state index is -0.372. The molecule has 1 aromatic heterocycles. The molecule has 0 radical (unpaired) electrons.